The summed E-state index contributed by atoms with van der Waals surface area (Å²) in [5.74, 6) is -3.53. The lowest BCUT2D eigenvalue weighted by atomic mass is 10.0. The number of aliphatic imine (C=N–C) groups is 1. The number of phenolic OH excluding ortho intramolecular Hbond substituents is 1. The summed E-state index contributed by atoms with van der Waals surface area (Å²) >= 11 is 0. The quantitative estimate of drug-likeness (QED) is 0.0574. The van der Waals surface area contributed by atoms with Gasteiger partial charge in [-0.1, -0.05) is 26.0 Å². The molecule has 1 aromatic rings. The Morgan fingerprint density at radius 2 is 1.43 bits per heavy atom. The number of guanidine groups is 1. The molecule has 0 saturated heterocycles. The van der Waals surface area contributed by atoms with Gasteiger partial charge in [0.05, 0.1) is 6.04 Å². The highest BCUT2D eigenvalue weighted by Gasteiger charge is 2.31. The first-order chi connectivity index (χ1) is 18.8. The molecule has 4 unspecified atom stereocenters. The van der Waals surface area contributed by atoms with Gasteiger partial charge in [-0.05, 0) is 68.7 Å². The number of carboxylic acid groups (broad SMARTS) is 1. The minimum absolute atomic E-state index is 0.0818. The lowest BCUT2D eigenvalue weighted by molar-refractivity contribution is -0.143. The molecule has 1 aromatic carbocycles. The molecule has 0 radical (unpaired) electrons. The van der Waals surface area contributed by atoms with E-state index in [2.05, 4.69) is 20.9 Å². The Hall–Kier alpha value is -3.91. The maximum atomic E-state index is 13.3. The number of phenols is 1. The number of amides is 3. The number of nitrogens with zero attached hydrogens (tertiary/aromatic N) is 1. The summed E-state index contributed by atoms with van der Waals surface area (Å²) in [7, 11) is 0. The number of nitrogens with two attached hydrogens (primary N) is 4. The Bertz CT molecular complexity index is 997. The smallest absolute Gasteiger partial charge is 0.326 e. The van der Waals surface area contributed by atoms with Crippen LogP contribution in [0.4, 0.5) is 0 Å². The second-order valence-electron chi connectivity index (χ2n) is 9.90. The van der Waals surface area contributed by atoms with Crippen molar-refractivity contribution in [2.45, 2.75) is 76.5 Å². The number of hydrogen-bond donors (Lipinski definition) is 9. The molecule has 13 N–H and O–H groups in total. The van der Waals surface area contributed by atoms with E-state index in [1.54, 1.807) is 26.0 Å². The monoisotopic (exact) mass is 564 g/mol. The topological polar surface area (TPSA) is 261 Å². The highest BCUT2D eigenvalue weighted by molar-refractivity contribution is 5.94. The van der Waals surface area contributed by atoms with Gasteiger partial charge in [0.1, 0.15) is 23.9 Å². The zero-order valence-corrected chi connectivity index (χ0v) is 23.1. The Kier molecular flexibility index (Phi) is 15.0. The molecule has 0 fully saturated rings. The third kappa shape index (κ3) is 12.8. The average molecular weight is 565 g/mol. The zero-order valence-electron chi connectivity index (χ0n) is 23.1. The van der Waals surface area contributed by atoms with E-state index >= 15 is 0 Å². The molecule has 0 aromatic heterocycles. The van der Waals surface area contributed by atoms with Gasteiger partial charge in [0.25, 0.3) is 0 Å². The zero-order chi connectivity index (χ0) is 30.2. The SMILES string of the molecule is CC(C)C(NC(=O)C(CCCN=C(N)N)NC(=O)C(CCCCN)NC(=O)C(N)Cc1ccc(O)cc1)C(=O)O. The first-order valence-electron chi connectivity index (χ1n) is 13.3. The molecular formula is C26H44N8O6. The van der Waals surface area contributed by atoms with Gasteiger partial charge in [-0.3, -0.25) is 19.4 Å². The summed E-state index contributed by atoms with van der Waals surface area (Å²) in [6, 6.07) is 1.98. The minimum atomic E-state index is -1.21. The van der Waals surface area contributed by atoms with Crippen molar-refractivity contribution in [3.05, 3.63) is 29.8 Å². The molecule has 14 nitrogen and oxygen atoms in total. The molecule has 0 aliphatic heterocycles. The van der Waals surface area contributed by atoms with Crippen LogP contribution in [0.25, 0.3) is 0 Å². The standard InChI is InChI=1S/C26H44N8O6/c1-15(2)21(25(39)40)34-24(38)20(7-5-13-31-26(29)30)33-23(37)19(6-3-4-12-27)32-22(36)18(28)14-16-8-10-17(35)11-9-16/h8-11,15,18-21,35H,3-7,12-14,27-28H2,1-2H3,(H,32,36)(H,33,37)(H,34,38)(H,39,40)(H4,29,30,31). The highest BCUT2D eigenvalue weighted by atomic mass is 16.4. The number of unbranched alkanes of at least 4 members (excludes halogenated alkanes) is 1. The van der Waals surface area contributed by atoms with Gasteiger partial charge in [-0.25, -0.2) is 4.79 Å². The molecule has 0 spiro atoms. The van der Waals surface area contributed by atoms with E-state index in [1.165, 1.54) is 12.1 Å². The number of aliphatic carboxylic acids is 1. The van der Waals surface area contributed by atoms with Crippen molar-refractivity contribution in [1.29, 1.82) is 0 Å². The van der Waals surface area contributed by atoms with Crippen LogP contribution >= 0.6 is 0 Å². The van der Waals surface area contributed by atoms with Crippen LogP contribution in [0.2, 0.25) is 0 Å². The van der Waals surface area contributed by atoms with E-state index in [4.69, 9.17) is 22.9 Å². The summed E-state index contributed by atoms with van der Waals surface area (Å²) in [6.45, 7) is 3.88. The highest BCUT2D eigenvalue weighted by Crippen LogP contribution is 2.12. The van der Waals surface area contributed by atoms with Crippen LogP contribution in [0.3, 0.4) is 0 Å². The van der Waals surface area contributed by atoms with Gasteiger partial charge in [-0.15, -0.1) is 0 Å². The third-order valence-corrected chi connectivity index (χ3v) is 6.12. The molecule has 1 rings (SSSR count). The number of aromatic hydroxyl groups is 1. The fourth-order valence-corrected chi connectivity index (χ4v) is 3.83. The van der Waals surface area contributed by atoms with E-state index in [-0.39, 0.29) is 37.5 Å². The molecular weight excluding hydrogens is 520 g/mol. The molecule has 4 atom stereocenters. The van der Waals surface area contributed by atoms with Gasteiger partial charge >= 0.3 is 5.97 Å². The van der Waals surface area contributed by atoms with Crippen molar-refractivity contribution >= 4 is 29.7 Å². The molecule has 0 heterocycles. The normalized spacial score (nSPS) is 13.9. The summed E-state index contributed by atoms with van der Waals surface area (Å²) in [4.78, 5) is 54.7. The number of carboxylic acids is 1. The summed E-state index contributed by atoms with van der Waals surface area (Å²) < 4.78 is 0. The Labute approximate surface area is 234 Å². The maximum absolute atomic E-state index is 13.3. The van der Waals surface area contributed by atoms with Crippen LogP contribution in [0.15, 0.2) is 29.3 Å². The molecule has 14 heteroatoms. The number of rotatable bonds is 18. The van der Waals surface area contributed by atoms with Gasteiger partial charge in [0, 0.05) is 6.54 Å². The van der Waals surface area contributed by atoms with E-state index in [0.717, 1.165) is 5.56 Å². The number of carbonyl (C=O) groups excluding carboxylic acids is 3. The van der Waals surface area contributed by atoms with Crippen molar-refractivity contribution in [3.63, 3.8) is 0 Å². The van der Waals surface area contributed by atoms with Crippen LogP contribution in [0, 0.1) is 5.92 Å². The second kappa shape index (κ2) is 17.6. The molecule has 0 saturated carbocycles. The first-order valence-corrected chi connectivity index (χ1v) is 13.3. The molecule has 0 aliphatic carbocycles. The lowest BCUT2D eigenvalue weighted by Crippen LogP contribution is -2.57. The van der Waals surface area contributed by atoms with Crippen molar-refractivity contribution in [2.24, 2.45) is 33.8 Å². The fraction of sp³-hybridized carbons (Fsp3) is 0.577. The molecule has 224 valence electrons. The molecule has 0 bridgehead atoms. The predicted molar refractivity (Wildman–Crippen MR) is 151 cm³/mol. The van der Waals surface area contributed by atoms with Crippen LogP contribution < -0.4 is 38.9 Å². The van der Waals surface area contributed by atoms with Crippen molar-refractivity contribution in [1.82, 2.24) is 16.0 Å². The molecule has 3 amide bonds. The molecule has 40 heavy (non-hydrogen) atoms. The third-order valence-electron chi connectivity index (χ3n) is 6.12. The predicted octanol–water partition coefficient (Wildman–Crippen LogP) is -1.36. The van der Waals surface area contributed by atoms with Crippen molar-refractivity contribution < 1.29 is 29.4 Å². The summed E-state index contributed by atoms with van der Waals surface area (Å²) in [5.41, 5.74) is 23.1. The summed E-state index contributed by atoms with van der Waals surface area (Å²) in [6.07, 6.45) is 1.98. The van der Waals surface area contributed by atoms with Gasteiger partial charge in [0.2, 0.25) is 17.7 Å². The van der Waals surface area contributed by atoms with Crippen LogP contribution in [0.1, 0.15) is 51.5 Å². The van der Waals surface area contributed by atoms with Gasteiger partial charge in [-0.2, -0.15) is 0 Å². The number of hydrogen-bond acceptors (Lipinski definition) is 8. The van der Waals surface area contributed by atoms with Crippen LogP contribution in [0.5, 0.6) is 5.75 Å². The Morgan fingerprint density at radius 3 is 1.95 bits per heavy atom. The van der Waals surface area contributed by atoms with Crippen LogP contribution in [-0.2, 0) is 25.6 Å². The van der Waals surface area contributed by atoms with Crippen LogP contribution in [-0.4, -0.2) is 77.1 Å². The largest absolute Gasteiger partial charge is 0.508 e. The minimum Gasteiger partial charge on any atom is -0.508 e. The number of nitrogens with one attached hydrogen (secondary N) is 3. The average Bonchev–Trinajstić information content (AvgIpc) is 2.88. The lowest BCUT2D eigenvalue weighted by Gasteiger charge is -2.26. The second-order valence-corrected chi connectivity index (χ2v) is 9.90. The summed E-state index contributed by atoms with van der Waals surface area (Å²) in [5, 5.41) is 26.7. The van der Waals surface area contributed by atoms with E-state index in [9.17, 15) is 29.4 Å². The van der Waals surface area contributed by atoms with E-state index < -0.39 is 53.8 Å². The van der Waals surface area contributed by atoms with E-state index in [0.29, 0.717) is 25.8 Å². The van der Waals surface area contributed by atoms with Gasteiger partial charge in [0.15, 0.2) is 5.96 Å². The first kappa shape index (κ1) is 34.1. The van der Waals surface area contributed by atoms with Crippen molar-refractivity contribution in [3.8, 4) is 5.75 Å². The molecule has 0 aliphatic rings. The number of benzene rings is 1. The Morgan fingerprint density at radius 1 is 0.875 bits per heavy atom. The van der Waals surface area contributed by atoms with E-state index in [1.807, 2.05) is 0 Å². The maximum Gasteiger partial charge on any atom is 0.326 e. The van der Waals surface area contributed by atoms with Crippen molar-refractivity contribution in [2.75, 3.05) is 13.1 Å². The Balaban J connectivity index is 3.03. The van der Waals surface area contributed by atoms with Gasteiger partial charge < -0.3 is 49.1 Å². The fourth-order valence-electron chi connectivity index (χ4n) is 3.83. The number of carbonyl (C=O) groups is 4.